The molecule has 1 aromatic rings. The highest BCUT2D eigenvalue weighted by Gasteiger charge is 2.28. The number of carboxylic acids is 1. The summed E-state index contributed by atoms with van der Waals surface area (Å²) < 4.78 is 30.4. The number of carbonyl (C=O) groups excluding carboxylic acids is 1. The highest BCUT2D eigenvalue weighted by atomic mass is 32.2. The van der Waals surface area contributed by atoms with Gasteiger partial charge in [-0.15, -0.1) is 0 Å². The van der Waals surface area contributed by atoms with Crippen LogP contribution in [-0.2, 0) is 24.3 Å². The number of nitrogens with one attached hydrogen (secondary N) is 1. The molecule has 0 heterocycles. The Morgan fingerprint density at radius 2 is 1.86 bits per heavy atom. The second-order valence-electron chi connectivity index (χ2n) is 4.11. The van der Waals surface area contributed by atoms with Gasteiger partial charge in [0, 0.05) is 11.8 Å². The van der Waals surface area contributed by atoms with E-state index in [4.69, 9.17) is 5.11 Å². The molecule has 0 saturated carbocycles. The van der Waals surface area contributed by atoms with E-state index in [1.807, 2.05) is 0 Å². The van der Waals surface area contributed by atoms with Crippen molar-refractivity contribution in [3.63, 3.8) is 0 Å². The van der Waals surface area contributed by atoms with E-state index in [0.29, 0.717) is 5.56 Å². The quantitative estimate of drug-likeness (QED) is 0.601. The first-order valence-corrected chi connectivity index (χ1v) is 7.41. The van der Waals surface area contributed by atoms with Gasteiger partial charge in [0.05, 0.1) is 7.11 Å². The van der Waals surface area contributed by atoms with Crippen molar-refractivity contribution in [3.05, 3.63) is 35.9 Å². The number of rotatable bonds is 6. The lowest BCUT2D eigenvalue weighted by atomic mass is 10.2. The molecule has 0 aliphatic carbocycles. The van der Waals surface area contributed by atoms with Gasteiger partial charge in [0.15, 0.2) is 5.25 Å². The monoisotopic (exact) mass is 313 g/mol. The summed E-state index contributed by atoms with van der Waals surface area (Å²) in [5, 5.41) is 7.16. The van der Waals surface area contributed by atoms with Crippen LogP contribution in [0.1, 0.15) is 12.5 Å². The van der Waals surface area contributed by atoms with Gasteiger partial charge in [0.1, 0.15) is 0 Å². The molecule has 0 fully saturated rings. The van der Waals surface area contributed by atoms with Gasteiger partial charge in [-0.25, -0.2) is 13.2 Å². The van der Waals surface area contributed by atoms with E-state index in [9.17, 15) is 18.0 Å². The number of benzene rings is 1. The number of carboxylic acid groups (broad SMARTS) is 1. The molecule has 0 bridgehead atoms. The third kappa shape index (κ3) is 4.92. The van der Waals surface area contributed by atoms with Crippen LogP contribution in [0.2, 0.25) is 0 Å². The highest BCUT2D eigenvalue weighted by Crippen LogP contribution is 2.15. The first-order chi connectivity index (χ1) is 9.76. The summed E-state index contributed by atoms with van der Waals surface area (Å²) in [6.07, 6.45) is 2.34. The molecule has 21 heavy (non-hydrogen) atoms. The number of hydrogen-bond acceptors (Lipinski definition) is 5. The van der Waals surface area contributed by atoms with Crippen LogP contribution in [0, 0.1) is 0 Å². The lowest BCUT2D eigenvalue weighted by molar-refractivity contribution is -0.139. The summed E-state index contributed by atoms with van der Waals surface area (Å²) in [7, 11) is -2.79. The molecule has 8 heteroatoms. The Kier molecular flexibility index (Phi) is 5.48. The normalized spacial score (nSPS) is 12.9. The molecule has 1 aromatic carbocycles. The maximum atomic E-state index is 11.9. The Labute approximate surface area is 122 Å². The van der Waals surface area contributed by atoms with Crippen LogP contribution in [0.25, 0.3) is 6.08 Å². The van der Waals surface area contributed by atoms with Crippen LogP contribution in [0.3, 0.4) is 0 Å². The second kappa shape index (κ2) is 6.89. The van der Waals surface area contributed by atoms with Gasteiger partial charge >= 0.3 is 11.9 Å². The number of ether oxygens (including phenoxy) is 1. The molecule has 7 nitrogen and oxygen atoms in total. The number of esters is 1. The topological polar surface area (TPSA) is 110 Å². The summed E-state index contributed by atoms with van der Waals surface area (Å²) >= 11 is 0. The summed E-state index contributed by atoms with van der Waals surface area (Å²) in [5.74, 6) is -1.94. The van der Waals surface area contributed by atoms with Crippen LogP contribution < -0.4 is 4.72 Å². The van der Waals surface area contributed by atoms with Gasteiger partial charge in [-0.1, -0.05) is 12.1 Å². The molecule has 0 aromatic heterocycles. The second-order valence-corrected chi connectivity index (χ2v) is 6.11. The van der Waals surface area contributed by atoms with Crippen molar-refractivity contribution in [1.82, 2.24) is 0 Å². The SMILES string of the molecule is COC(=O)C(C)S(=O)(=O)Nc1ccc(/C=C/C(=O)O)cc1. The fourth-order valence-corrected chi connectivity index (χ4v) is 2.37. The average molecular weight is 313 g/mol. The summed E-state index contributed by atoms with van der Waals surface area (Å²) in [6, 6.07) is 6.01. The van der Waals surface area contributed by atoms with E-state index in [-0.39, 0.29) is 5.69 Å². The maximum absolute atomic E-state index is 11.9. The van der Waals surface area contributed by atoms with Crippen molar-refractivity contribution >= 4 is 33.7 Å². The molecule has 0 saturated heterocycles. The van der Waals surface area contributed by atoms with Crippen molar-refractivity contribution in [2.45, 2.75) is 12.2 Å². The van der Waals surface area contributed by atoms with Crippen LogP contribution >= 0.6 is 0 Å². The molecular weight excluding hydrogens is 298 g/mol. The number of hydrogen-bond donors (Lipinski definition) is 2. The molecule has 0 spiro atoms. The Bertz CT molecular complexity index is 648. The van der Waals surface area contributed by atoms with E-state index < -0.39 is 27.2 Å². The Morgan fingerprint density at radius 3 is 2.33 bits per heavy atom. The molecule has 1 unspecified atom stereocenters. The number of methoxy groups -OCH3 is 1. The first kappa shape index (κ1) is 16.7. The van der Waals surface area contributed by atoms with Gasteiger partial charge in [0.25, 0.3) is 0 Å². The number of carbonyl (C=O) groups is 2. The van der Waals surface area contributed by atoms with E-state index >= 15 is 0 Å². The molecular formula is C13H15NO6S. The zero-order valence-corrected chi connectivity index (χ0v) is 12.3. The van der Waals surface area contributed by atoms with Crippen LogP contribution in [0.5, 0.6) is 0 Å². The van der Waals surface area contributed by atoms with Gasteiger partial charge < -0.3 is 9.84 Å². The maximum Gasteiger partial charge on any atom is 0.328 e. The van der Waals surface area contributed by atoms with Gasteiger partial charge in [0.2, 0.25) is 10.0 Å². The molecule has 0 aliphatic heterocycles. The van der Waals surface area contributed by atoms with Crippen molar-refractivity contribution in [2.24, 2.45) is 0 Å². The third-order valence-electron chi connectivity index (χ3n) is 2.59. The van der Waals surface area contributed by atoms with Crippen LogP contribution in [0.15, 0.2) is 30.3 Å². The van der Waals surface area contributed by atoms with Gasteiger partial charge in [-0.05, 0) is 30.7 Å². The van der Waals surface area contributed by atoms with Crippen molar-refractivity contribution in [1.29, 1.82) is 0 Å². The van der Waals surface area contributed by atoms with E-state index in [1.54, 1.807) is 12.1 Å². The van der Waals surface area contributed by atoms with Crippen molar-refractivity contribution in [3.8, 4) is 0 Å². The van der Waals surface area contributed by atoms with E-state index in [0.717, 1.165) is 13.2 Å². The molecule has 0 radical (unpaired) electrons. The first-order valence-electron chi connectivity index (χ1n) is 5.87. The fourth-order valence-electron chi connectivity index (χ4n) is 1.38. The minimum Gasteiger partial charge on any atom is -0.478 e. The predicted octanol–water partition coefficient (Wildman–Crippen LogP) is 1.09. The predicted molar refractivity (Wildman–Crippen MR) is 77.1 cm³/mol. The molecule has 2 N–H and O–H groups in total. The lowest BCUT2D eigenvalue weighted by Crippen LogP contribution is -2.33. The van der Waals surface area contributed by atoms with Crippen LogP contribution in [0.4, 0.5) is 5.69 Å². The molecule has 0 aliphatic rings. The minimum absolute atomic E-state index is 0.262. The standard InChI is InChI=1S/C13H15NO6S/c1-9(13(17)20-2)21(18,19)14-11-6-3-10(4-7-11)5-8-12(15)16/h3-9,14H,1-2H3,(H,15,16)/b8-5+. The zero-order valence-electron chi connectivity index (χ0n) is 11.4. The lowest BCUT2D eigenvalue weighted by Gasteiger charge is -2.12. The smallest absolute Gasteiger partial charge is 0.328 e. The molecule has 1 rings (SSSR count). The minimum atomic E-state index is -3.90. The van der Waals surface area contributed by atoms with E-state index in [2.05, 4.69) is 9.46 Å². The molecule has 0 amide bonds. The highest BCUT2D eigenvalue weighted by molar-refractivity contribution is 7.94. The Morgan fingerprint density at radius 1 is 1.29 bits per heavy atom. The van der Waals surface area contributed by atoms with Crippen LogP contribution in [-0.4, -0.2) is 37.8 Å². The van der Waals surface area contributed by atoms with Gasteiger partial charge in [-0.3, -0.25) is 9.52 Å². The summed E-state index contributed by atoms with van der Waals surface area (Å²) in [5.41, 5.74) is 0.861. The number of sulfonamides is 1. The molecule has 1 atom stereocenters. The number of aliphatic carboxylic acids is 1. The Balaban J connectivity index is 2.84. The summed E-state index contributed by atoms with van der Waals surface area (Å²) in [6.45, 7) is 1.22. The Hall–Kier alpha value is -2.35. The zero-order chi connectivity index (χ0) is 16.0. The largest absolute Gasteiger partial charge is 0.478 e. The average Bonchev–Trinajstić information content (AvgIpc) is 2.44. The summed E-state index contributed by atoms with van der Waals surface area (Å²) in [4.78, 5) is 21.6. The van der Waals surface area contributed by atoms with E-state index in [1.165, 1.54) is 25.1 Å². The number of anilines is 1. The van der Waals surface area contributed by atoms with Crippen molar-refractivity contribution in [2.75, 3.05) is 11.8 Å². The third-order valence-corrected chi connectivity index (χ3v) is 4.23. The van der Waals surface area contributed by atoms with Gasteiger partial charge in [-0.2, -0.15) is 0 Å². The molecule has 114 valence electrons. The van der Waals surface area contributed by atoms with Crippen molar-refractivity contribution < 1.29 is 27.9 Å². The fraction of sp³-hybridized carbons (Fsp3) is 0.231.